The van der Waals surface area contributed by atoms with E-state index in [0.29, 0.717) is 18.9 Å². The highest BCUT2D eigenvalue weighted by Crippen LogP contribution is 2.14. The second-order valence-electron chi connectivity index (χ2n) is 8.32. The van der Waals surface area contributed by atoms with E-state index in [1.165, 1.54) is 17.5 Å². The first-order valence-corrected chi connectivity index (χ1v) is 11.9. The average Bonchev–Trinajstić information content (AvgIpc) is 3.00. The van der Waals surface area contributed by atoms with Gasteiger partial charge in [0, 0.05) is 52.2 Å². The van der Waals surface area contributed by atoms with E-state index >= 15 is 0 Å². The number of carbonyl (C=O) groups excluding carboxylic acids is 1. The number of nitrogens with one attached hydrogen (secondary N) is 2. The monoisotopic (exact) mass is 429 g/mol. The predicted molar refractivity (Wildman–Crippen MR) is 125 cm³/mol. The number of hydrogen-bond donors (Lipinski definition) is 2. The molecule has 0 aliphatic carbocycles. The van der Waals surface area contributed by atoms with Crippen LogP contribution in [0.3, 0.4) is 0 Å². The summed E-state index contributed by atoms with van der Waals surface area (Å²) in [5.41, 5.74) is 2.60. The van der Waals surface area contributed by atoms with E-state index in [4.69, 9.17) is 9.73 Å². The third-order valence-electron chi connectivity index (χ3n) is 5.94. The van der Waals surface area contributed by atoms with Gasteiger partial charge in [0.15, 0.2) is 5.96 Å². The van der Waals surface area contributed by atoms with E-state index in [1.54, 1.807) is 0 Å². The highest BCUT2D eigenvalue weighted by molar-refractivity contribution is 5.79. The van der Waals surface area contributed by atoms with Gasteiger partial charge in [-0.15, -0.1) is 0 Å². The second kappa shape index (κ2) is 13.3. The summed E-state index contributed by atoms with van der Waals surface area (Å²) in [5.74, 6) is 1.15. The molecule has 0 atom stereocenters. The molecule has 1 amide bonds. The lowest BCUT2D eigenvalue weighted by Crippen LogP contribution is -2.39. The Hall–Kier alpha value is -2.12. The summed E-state index contributed by atoms with van der Waals surface area (Å²) in [6.45, 7) is 10.7. The van der Waals surface area contributed by atoms with Crippen molar-refractivity contribution < 1.29 is 9.53 Å². The lowest BCUT2D eigenvalue weighted by molar-refractivity contribution is -0.130. The molecule has 0 radical (unpaired) electrons. The van der Waals surface area contributed by atoms with Gasteiger partial charge in [0.2, 0.25) is 5.91 Å². The fourth-order valence-corrected chi connectivity index (χ4v) is 4.12. The van der Waals surface area contributed by atoms with Crippen molar-refractivity contribution in [3.05, 3.63) is 35.4 Å². The van der Waals surface area contributed by atoms with Crippen molar-refractivity contribution in [3.8, 4) is 0 Å². The third-order valence-corrected chi connectivity index (χ3v) is 5.94. The molecule has 7 heteroatoms. The van der Waals surface area contributed by atoms with Crippen molar-refractivity contribution in [1.82, 2.24) is 20.4 Å². The number of benzene rings is 1. The van der Waals surface area contributed by atoms with Crippen LogP contribution in [0.2, 0.25) is 0 Å². The number of nitrogens with zero attached hydrogens (tertiary/aromatic N) is 3. The summed E-state index contributed by atoms with van der Waals surface area (Å²) in [7, 11) is 0. The van der Waals surface area contributed by atoms with Crippen LogP contribution >= 0.6 is 0 Å². The van der Waals surface area contributed by atoms with Gasteiger partial charge in [-0.2, -0.15) is 0 Å². The smallest absolute Gasteiger partial charge is 0.222 e. The minimum atomic E-state index is 0.315. The molecular formula is C24H39N5O2. The summed E-state index contributed by atoms with van der Waals surface area (Å²) in [5, 5.41) is 6.78. The van der Waals surface area contributed by atoms with Gasteiger partial charge in [-0.05, 0) is 37.3 Å². The van der Waals surface area contributed by atoms with Crippen LogP contribution in [0.4, 0.5) is 0 Å². The van der Waals surface area contributed by atoms with Crippen molar-refractivity contribution >= 4 is 11.9 Å². The largest absolute Gasteiger partial charge is 0.379 e. The highest BCUT2D eigenvalue weighted by atomic mass is 16.5. The van der Waals surface area contributed by atoms with E-state index in [0.717, 1.165) is 84.2 Å². The van der Waals surface area contributed by atoms with Crippen LogP contribution in [-0.2, 0) is 22.6 Å². The van der Waals surface area contributed by atoms with E-state index in [2.05, 4.69) is 46.7 Å². The molecule has 7 nitrogen and oxygen atoms in total. The molecule has 2 aliphatic heterocycles. The van der Waals surface area contributed by atoms with Gasteiger partial charge in [-0.3, -0.25) is 9.69 Å². The van der Waals surface area contributed by atoms with Gasteiger partial charge in [0.1, 0.15) is 0 Å². The molecular weight excluding hydrogens is 390 g/mol. The first-order chi connectivity index (χ1) is 15.3. The highest BCUT2D eigenvalue weighted by Gasteiger charge is 2.16. The quantitative estimate of drug-likeness (QED) is 0.358. The van der Waals surface area contributed by atoms with Crippen LogP contribution in [0.25, 0.3) is 0 Å². The Kier molecular flexibility index (Phi) is 10.1. The number of carbonyl (C=O) groups is 1. The standard InChI is InChI=1S/C24H39N5O2/c1-2-25-24(26-12-8-14-29-13-7-3-4-11-23(29)30)27-19-21-9-5-6-10-22(21)20-28-15-17-31-18-16-28/h5-6,9-10H,2-4,7-8,11-20H2,1H3,(H2,25,26,27). The third kappa shape index (κ3) is 8.15. The van der Waals surface area contributed by atoms with Gasteiger partial charge in [0.05, 0.1) is 19.8 Å². The lowest BCUT2D eigenvalue weighted by atomic mass is 10.1. The first kappa shape index (κ1) is 23.5. The summed E-state index contributed by atoms with van der Waals surface area (Å²) in [6.07, 6.45) is 4.99. The fourth-order valence-electron chi connectivity index (χ4n) is 4.12. The Labute approximate surface area is 187 Å². The molecule has 31 heavy (non-hydrogen) atoms. The molecule has 0 bridgehead atoms. The molecule has 1 aromatic carbocycles. The minimum absolute atomic E-state index is 0.315. The molecule has 0 aromatic heterocycles. The number of aliphatic imine (C=N–C) groups is 1. The van der Waals surface area contributed by atoms with Crippen LogP contribution < -0.4 is 10.6 Å². The fraction of sp³-hybridized carbons (Fsp3) is 0.667. The summed E-state index contributed by atoms with van der Waals surface area (Å²) in [4.78, 5) is 21.4. The van der Waals surface area contributed by atoms with Gasteiger partial charge in [0.25, 0.3) is 0 Å². The second-order valence-corrected chi connectivity index (χ2v) is 8.32. The number of rotatable bonds is 9. The maximum absolute atomic E-state index is 12.1. The predicted octanol–water partition coefficient (Wildman–Crippen LogP) is 2.37. The van der Waals surface area contributed by atoms with E-state index in [-0.39, 0.29) is 0 Å². The molecule has 2 heterocycles. The molecule has 0 saturated carbocycles. The Balaban J connectivity index is 1.49. The number of hydrogen-bond acceptors (Lipinski definition) is 4. The van der Waals surface area contributed by atoms with Gasteiger partial charge in [-0.25, -0.2) is 4.99 Å². The normalized spacial score (nSPS) is 18.7. The Bertz CT molecular complexity index is 703. The zero-order valence-corrected chi connectivity index (χ0v) is 19.1. The van der Waals surface area contributed by atoms with Crippen molar-refractivity contribution in [2.75, 3.05) is 52.5 Å². The number of guanidine groups is 1. The Morgan fingerprint density at radius 3 is 2.68 bits per heavy atom. The topological polar surface area (TPSA) is 69.2 Å². The zero-order valence-electron chi connectivity index (χ0n) is 19.1. The summed E-state index contributed by atoms with van der Waals surface area (Å²) < 4.78 is 5.47. The molecule has 2 aliphatic rings. The number of likely N-dealkylation sites (tertiary alicyclic amines) is 1. The maximum Gasteiger partial charge on any atom is 0.222 e. The minimum Gasteiger partial charge on any atom is -0.379 e. The Morgan fingerprint density at radius 1 is 1.06 bits per heavy atom. The lowest BCUT2D eigenvalue weighted by Gasteiger charge is -2.27. The van der Waals surface area contributed by atoms with Gasteiger partial charge in [-0.1, -0.05) is 30.7 Å². The molecule has 2 N–H and O–H groups in total. The molecule has 2 fully saturated rings. The Morgan fingerprint density at radius 2 is 1.87 bits per heavy atom. The van der Waals surface area contributed by atoms with Crippen LogP contribution in [-0.4, -0.2) is 74.1 Å². The molecule has 2 saturated heterocycles. The molecule has 0 unspecified atom stereocenters. The number of amides is 1. The van der Waals surface area contributed by atoms with Crippen LogP contribution in [0.1, 0.15) is 50.2 Å². The SMILES string of the molecule is CCNC(=NCc1ccccc1CN1CCOCC1)NCCCN1CCCCCC1=O. The van der Waals surface area contributed by atoms with Crippen LogP contribution in [0.5, 0.6) is 0 Å². The summed E-state index contributed by atoms with van der Waals surface area (Å²) in [6, 6.07) is 8.58. The number of ether oxygens (including phenoxy) is 1. The van der Waals surface area contributed by atoms with E-state index in [9.17, 15) is 4.79 Å². The van der Waals surface area contributed by atoms with Crippen molar-refractivity contribution in [2.24, 2.45) is 4.99 Å². The molecule has 3 rings (SSSR count). The van der Waals surface area contributed by atoms with Gasteiger partial charge >= 0.3 is 0 Å². The van der Waals surface area contributed by atoms with Crippen molar-refractivity contribution in [2.45, 2.75) is 52.1 Å². The van der Waals surface area contributed by atoms with Gasteiger partial charge < -0.3 is 20.3 Å². The molecule has 1 aromatic rings. The maximum atomic E-state index is 12.1. The van der Waals surface area contributed by atoms with Crippen molar-refractivity contribution in [1.29, 1.82) is 0 Å². The molecule has 0 spiro atoms. The van der Waals surface area contributed by atoms with Crippen LogP contribution in [0.15, 0.2) is 29.3 Å². The molecule has 172 valence electrons. The zero-order chi connectivity index (χ0) is 21.7. The average molecular weight is 430 g/mol. The van der Waals surface area contributed by atoms with E-state index < -0.39 is 0 Å². The number of morpholine rings is 1. The van der Waals surface area contributed by atoms with E-state index in [1.807, 2.05) is 4.90 Å². The first-order valence-electron chi connectivity index (χ1n) is 11.9. The summed E-state index contributed by atoms with van der Waals surface area (Å²) >= 11 is 0. The van der Waals surface area contributed by atoms with Crippen molar-refractivity contribution in [3.63, 3.8) is 0 Å². The van der Waals surface area contributed by atoms with Crippen LogP contribution in [0, 0.1) is 0 Å².